The fourth-order valence-corrected chi connectivity index (χ4v) is 1.22. The molecular weight excluding hydrogens is 192 g/mol. The van der Waals surface area contributed by atoms with Gasteiger partial charge in [0, 0.05) is 26.6 Å². The van der Waals surface area contributed by atoms with E-state index in [1.807, 2.05) is 19.1 Å². The predicted molar refractivity (Wildman–Crippen MR) is 58.6 cm³/mol. The Balaban J connectivity index is 2.25. The molecule has 15 heavy (non-hydrogen) atoms. The third-order valence-electron chi connectivity index (χ3n) is 2.19. The zero-order valence-corrected chi connectivity index (χ0v) is 9.49. The van der Waals surface area contributed by atoms with Gasteiger partial charge in [0.05, 0.1) is 12.8 Å². The van der Waals surface area contributed by atoms with Gasteiger partial charge < -0.3 is 14.6 Å². The topological polar surface area (TPSA) is 45.5 Å². The monoisotopic (exact) mass is 210 g/mol. The molecule has 0 fully saturated rings. The maximum atomic E-state index is 11.3. The summed E-state index contributed by atoms with van der Waals surface area (Å²) in [6, 6.07) is 4.04. The SMILES string of the molecule is CC(Cc1ccco1)NCC(=O)N(C)C. The average Bonchev–Trinajstić information content (AvgIpc) is 2.66. The molecule has 1 heterocycles. The third-order valence-corrected chi connectivity index (χ3v) is 2.19. The Kier molecular flexibility index (Phi) is 4.37. The summed E-state index contributed by atoms with van der Waals surface area (Å²) in [5.41, 5.74) is 0. The standard InChI is InChI=1S/C11H18N2O2/c1-9(7-10-5-4-6-15-10)12-8-11(14)13(2)3/h4-6,9,12H,7-8H2,1-3H3. The first kappa shape index (κ1) is 11.8. The van der Waals surface area contributed by atoms with Gasteiger partial charge in [0.15, 0.2) is 0 Å². The Labute approximate surface area is 90.3 Å². The molecule has 0 aliphatic carbocycles. The molecule has 0 bridgehead atoms. The zero-order chi connectivity index (χ0) is 11.3. The Hall–Kier alpha value is -1.29. The minimum Gasteiger partial charge on any atom is -0.469 e. The second kappa shape index (κ2) is 5.56. The number of rotatable bonds is 5. The summed E-state index contributed by atoms with van der Waals surface area (Å²) in [5.74, 6) is 1.02. The van der Waals surface area contributed by atoms with E-state index >= 15 is 0 Å². The molecule has 4 heteroatoms. The van der Waals surface area contributed by atoms with Gasteiger partial charge in [0.2, 0.25) is 5.91 Å². The number of furan rings is 1. The number of amides is 1. The summed E-state index contributed by atoms with van der Waals surface area (Å²) < 4.78 is 5.22. The summed E-state index contributed by atoms with van der Waals surface area (Å²) in [6.07, 6.45) is 2.46. The highest BCUT2D eigenvalue weighted by Gasteiger charge is 2.08. The maximum Gasteiger partial charge on any atom is 0.236 e. The third kappa shape index (κ3) is 4.16. The summed E-state index contributed by atoms with van der Waals surface area (Å²) in [7, 11) is 3.50. The van der Waals surface area contributed by atoms with Crippen molar-refractivity contribution in [3.63, 3.8) is 0 Å². The molecule has 0 aliphatic rings. The number of hydrogen-bond acceptors (Lipinski definition) is 3. The molecule has 1 amide bonds. The summed E-state index contributed by atoms with van der Waals surface area (Å²) in [5, 5.41) is 3.15. The molecule has 1 aromatic heterocycles. The second-order valence-corrected chi connectivity index (χ2v) is 3.85. The quantitative estimate of drug-likeness (QED) is 0.785. The van der Waals surface area contributed by atoms with Crippen LogP contribution in [0.25, 0.3) is 0 Å². The molecule has 0 saturated heterocycles. The first-order chi connectivity index (χ1) is 7.09. The van der Waals surface area contributed by atoms with Gasteiger partial charge in [-0.3, -0.25) is 4.79 Å². The molecule has 1 rings (SSSR count). The molecule has 4 nitrogen and oxygen atoms in total. The Morgan fingerprint density at radius 3 is 2.87 bits per heavy atom. The van der Waals surface area contributed by atoms with Crippen molar-refractivity contribution in [2.75, 3.05) is 20.6 Å². The van der Waals surface area contributed by atoms with Gasteiger partial charge in [-0.2, -0.15) is 0 Å². The van der Waals surface area contributed by atoms with Gasteiger partial charge in [-0.15, -0.1) is 0 Å². The summed E-state index contributed by atoms with van der Waals surface area (Å²) in [4.78, 5) is 12.9. The normalized spacial score (nSPS) is 12.5. The second-order valence-electron chi connectivity index (χ2n) is 3.85. The van der Waals surface area contributed by atoms with Crippen molar-refractivity contribution < 1.29 is 9.21 Å². The highest BCUT2D eigenvalue weighted by molar-refractivity contribution is 5.77. The highest BCUT2D eigenvalue weighted by atomic mass is 16.3. The van der Waals surface area contributed by atoms with Crippen molar-refractivity contribution in [1.29, 1.82) is 0 Å². The van der Waals surface area contributed by atoms with Crippen molar-refractivity contribution in [1.82, 2.24) is 10.2 Å². The van der Waals surface area contributed by atoms with E-state index in [0.29, 0.717) is 6.54 Å². The van der Waals surface area contributed by atoms with Crippen LogP contribution in [0.3, 0.4) is 0 Å². The summed E-state index contributed by atoms with van der Waals surface area (Å²) in [6.45, 7) is 2.40. The average molecular weight is 210 g/mol. The molecule has 1 aromatic rings. The van der Waals surface area contributed by atoms with E-state index in [1.54, 1.807) is 25.3 Å². The molecule has 0 spiro atoms. The fourth-order valence-electron chi connectivity index (χ4n) is 1.22. The molecule has 84 valence electrons. The minimum atomic E-state index is 0.0845. The van der Waals surface area contributed by atoms with Crippen molar-refractivity contribution in [3.8, 4) is 0 Å². The predicted octanol–water partition coefficient (Wildman–Crippen LogP) is 0.888. The highest BCUT2D eigenvalue weighted by Crippen LogP contribution is 2.03. The van der Waals surface area contributed by atoms with Crippen molar-refractivity contribution >= 4 is 5.91 Å². The Morgan fingerprint density at radius 2 is 2.33 bits per heavy atom. The smallest absolute Gasteiger partial charge is 0.236 e. The van der Waals surface area contributed by atoms with Crippen LogP contribution in [0.2, 0.25) is 0 Å². The van der Waals surface area contributed by atoms with Gasteiger partial charge in [0.25, 0.3) is 0 Å². The van der Waals surface area contributed by atoms with Crippen LogP contribution in [-0.2, 0) is 11.2 Å². The van der Waals surface area contributed by atoms with Crippen LogP contribution in [-0.4, -0.2) is 37.5 Å². The van der Waals surface area contributed by atoms with Gasteiger partial charge in [-0.25, -0.2) is 0 Å². The molecule has 0 aliphatic heterocycles. The molecule has 1 unspecified atom stereocenters. The number of hydrogen-bond donors (Lipinski definition) is 1. The molecule has 1 atom stereocenters. The number of likely N-dealkylation sites (N-methyl/N-ethyl adjacent to an activating group) is 1. The molecule has 1 N–H and O–H groups in total. The van der Waals surface area contributed by atoms with Crippen LogP contribution in [0, 0.1) is 0 Å². The number of carbonyl (C=O) groups excluding carboxylic acids is 1. The summed E-state index contributed by atoms with van der Waals surface area (Å²) >= 11 is 0. The first-order valence-corrected chi connectivity index (χ1v) is 5.05. The lowest BCUT2D eigenvalue weighted by molar-refractivity contribution is -0.127. The van der Waals surface area contributed by atoms with E-state index in [2.05, 4.69) is 5.32 Å². The van der Waals surface area contributed by atoms with Gasteiger partial charge in [-0.1, -0.05) is 0 Å². The van der Waals surface area contributed by atoms with Crippen LogP contribution in [0.5, 0.6) is 0 Å². The van der Waals surface area contributed by atoms with Crippen LogP contribution in [0.15, 0.2) is 22.8 Å². The fraction of sp³-hybridized carbons (Fsp3) is 0.545. The zero-order valence-electron chi connectivity index (χ0n) is 9.49. The molecule has 0 aromatic carbocycles. The molecule has 0 saturated carbocycles. The molecular formula is C11H18N2O2. The van der Waals surface area contributed by atoms with E-state index in [9.17, 15) is 4.79 Å². The van der Waals surface area contributed by atoms with Gasteiger partial charge in [0.1, 0.15) is 5.76 Å². The number of nitrogens with one attached hydrogen (secondary N) is 1. The van der Waals surface area contributed by atoms with E-state index in [0.717, 1.165) is 12.2 Å². The van der Waals surface area contributed by atoms with Crippen molar-refractivity contribution in [2.24, 2.45) is 0 Å². The Morgan fingerprint density at radius 1 is 1.60 bits per heavy atom. The Bertz CT molecular complexity index is 294. The minimum absolute atomic E-state index is 0.0845. The van der Waals surface area contributed by atoms with Gasteiger partial charge in [-0.05, 0) is 19.1 Å². The first-order valence-electron chi connectivity index (χ1n) is 5.05. The lowest BCUT2D eigenvalue weighted by Crippen LogP contribution is -2.38. The number of carbonyl (C=O) groups is 1. The molecule has 0 radical (unpaired) electrons. The van der Waals surface area contributed by atoms with Crippen LogP contribution in [0.4, 0.5) is 0 Å². The van der Waals surface area contributed by atoms with E-state index in [1.165, 1.54) is 0 Å². The van der Waals surface area contributed by atoms with Crippen LogP contribution < -0.4 is 5.32 Å². The van der Waals surface area contributed by atoms with Crippen LogP contribution in [0.1, 0.15) is 12.7 Å². The maximum absolute atomic E-state index is 11.3. The lowest BCUT2D eigenvalue weighted by atomic mass is 10.2. The number of nitrogens with zero attached hydrogens (tertiary/aromatic N) is 1. The van der Waals surface area contributed by atoms with E-state index in [4.69, 9.17) is 4.42 Å². The van der Waals surface area contributed by atoms with E-state index in [-0.39, 0.29) is 11.9 Å². The van der Waals surface area contributed by atoms with Crippen LogP contribution >= 0.6 is 0 Å². The van der Waals surface area contributed by atoms with Gasteiger partial charge >= 0.3 is 0 Å². The van der Waals surface area contributed by atoms with E-state index < -0.39 is 0 Å². The lowest BCUT2D eigenvalue weighted by Gasteiger charge is -2.15. The van der Waals surface area contributed by atoms with Crippen molar-refractivity contribution in [3.05, 3.63) is 24.2 Å². The largest absolute Gasteiger partial charge is 0.469 e. The van der Waals surface area contributed by atoms with Crippen molar-refractivity contribution in [2.45, 2.75) is 19.4 Å².